The van der Waals surface area contributed by atoms with E-state index in [1.807, 2.05) is 0 Å². The molecule has 0 atom stereocenters. The van der Waals surface area contributed by atoms with Crippen LogP contribution in [-0.2, 0) is 0 Å². The molecule has 0 aliphatic carbocycles. The van der Waals surface area contributed by atoms with Crippen molar-refractivity contribution in [2.24, 2.45) is 5.10 Å². The maximum absolute atomic E-state index is 11.1. The summed E-state index contributed by atoms with van der Waals surface area (Å²) in [5, 5.41) is 22.4. The molecule has 0 radical (unpaired) electrons. The van der Waals surface area contributed by atoms with E-state index < -0.39 is 4.92 Å². The number of hydrogen-bond acceptors (Lipinski definition) is 6. The molecule has 0 aliphatic rings. The zero-order valence-electron chi connectivity index (χ0n) is 13.7. The van der Waals surface area contributed by atoms with Gasteiger partial charge in [-0.15, -0.1) is 0 Å². The second-order valence-corrected chi connectivity index (χ2v) is 5.53. The summed E-state index contributed by atoms with van der Waals surface area (Å²) in [5.74, 6) is 1.19. The highest BCUT2D eigenvalue weighted by atomic mass is 32.1. The lowest BCUT2D eigenvalue weighted by Gasteiger charge is -2.10. The number of benzene rings is 1. The smallest absolute Gasteiger partial charge is 0.311 e. The van der Waals surface area contributed by atoms with E-state index in [-0.39, 0.29) is 17.4 Å². The second kappa shape index (κ2) is 7.82. The van der Waals surface area contributed by atoms with Crippen LogP contribution in [0.25, 0.3) is 0 Å². The van der Waals surface area contributed by atoms with Crippen LogP contribution in [0.5, 0.6) is 5.75 Å². The summed E-state index contributed by atoms with van der Waals surface area (Å²) in [5.41, 5.74) is 0.457. The van der Waals surface area contributed by atoms with Crippen LogP contribution in [0.4, 0.5) is 5.69 Å². The first-order chi connectivity index (χ1) is 11.5. The minimum Gasteiger partial charge on any atom is -0.490 e. The van der Waals surface area contributed by atoms with Gasteiger partial charge in [-0.3, -0.25) is 15.2 Å². The highest BCUT2D eigenvalue weighted by Crippen LogP contribution is 2.27. The van der Waals surface area contributed by atoms with Crippen LogP contribution in [0, 0.1) is 14.9 Å². The van der Waals surface area contributed by atoms with Crippen molar-refractivity contribution in [1.82, 2.24) is 14.9 Å². The number of aromatic amines is 1. The molecule has 1 aromatic heterocycles. The van der Waals surface area contributed by atoms with Crippen molar-refractivity contribution >= 4 is 24.1 Å². The van der Waals surface area contributed by atoms with E-state index in [0.717, 1.165) is 18.7 Å². The molecular weight excluding hydrogens is 330 g/mol. The van der Waals surface area contributed by atoms with E-state index >= 15 is 0 Å². The lowest BCUT2D eigenvalue weighted by molar-refractivity contribution is -0.385. The molecule has 0 fully saturated rings. The highest BCUT2D eigenvalue weighted by molar-refractivity contribution is 7.71. The third-order valence-electron chi connectivity index (χ3n) is 3.75. The molecule has 24 heavy (non-hydrogen) atoms. The van der Waals surface area contributed by atoms with Gasteiger partial charge >= 0.3 is 5.69 Å². The van der Waals surface area contributed by atoms with Crippen LogP contribution in [0.2, 0.25) is 0 Å². The van der Waals surface area contributed by atoms with Gasteiger partial charge in [0.25, 0.3) is 0 Å². The number of methoxy groups -OCH3 is 1. The lowest BCUT2D eigenvalue weighted by Crippen LogP contribution is -2.05. The van der Waals surface area contributed by atoms with E-state index in [1.165, 1.54) is 25.5 Å². The molecule has 1 aromatic carbocycles. The fraction of sp³-hybridized carbons (Fsp3) is 0.400. The van der Waals surface area contributed by atoms with Gasteiger partial charge < -0.3 is 4.74 Å². The summed E-state index contributed by atoms with van der Waals surface area (Å²) in [6, 6.07) is 4.63. The van der Waals surface area contributed by atoms with Crippen LogP contribution in [0.1, 0.15) is 44.0 Å². The standard InChI is InChI=1S/C15H19N5O3S/c1-4-11(5-2)14-17-18-15(24)19(14)16-9-10-6-7-13(23-3)12(8-10)20(21)22/h6-9,11H,4-5H2,1-3H3,(H,18,24)/b16-9-. The van der Waals surface area contributed by atoms with Crippen molar-refractivity contribution in [3.05, 3.63) is 44.5 Å². The summed E-state index contributed by atoms with van der Waals surface area (Å²) >= 11 is 5.21. The minimum atomic E-state index is -0.491. The van der Waals surface area contributed by atoms with Gasteiger partial charge in [0.05, 0.1) is 18.2 Å². The van der Waals surface area contributed by atoms with Gasteiger partial charge in [0, 0.05) is 17.5 Å². The van der Waals surface area contributed by atoms with E-state index in [9.17, 15) is 10.1 Å². The van der Waals surface area contributed by atoms with Gasteiger partial charge in [0.1, 0.15) is 0 Å². The SMILES string of the molecule is CCC(CC)c1n[nH]c(=S)n1/N=C\c1ccc(OC)c([N+](=O)[O-])c1. The number of nitrogens with one attached hydrogen (secondary N) is 1. The first-order valence-corrected chi connectivity index (χ1v) is 7.96. The third-order valence-corrected chi connectivity index (χ3v) is 4.01. The molecule has 128 valence electrons. The molecule has 1 heterocycles. The zero-order valence-corrected chi connectivity index (χ0v) is 14.5. The molecule has 9 heteroatoms. The quantitative estimate of drug-likeness (QED) is 0.356. The Bertz CT molecular complexity index is 808. The summed E-state index contributed by atoms with van der Waals surface area (Å²) in [6.07, 6.45) is 3.35. The Hall–Kier alpha value is -2.55. The number of nitro groups is 1. The van der Waals surface area contributed by atoms with Crippen molar-refractivity contribution in [1.29, 1.82) is 0 Å². The van der Waals surface area contributed by atoms with E-state index in [1.54, 1.807) is 10.7 Å². The van der Waals surface area contributed by atoms with E-state index in [2.05, 4.69) is 29.1 Å². The first-order valence-electron chi connectivity index (χ1n) is 7.55. The molecule has 0 amide bonds. The van der Waals surface area contributed by atoms with Gasteiger partial charge in [-0.05, 0) is 37.2 Å². The van der Waals surface area contributed by atoms with E-state index in [4.69, 9.17) is 17.0 Å². The molecule has 0 saturated carbocycles. The van der Waals surface area contributed by atoms with E-state index in [0.29, 0.717) is 10.3 Å². The summed E-state index contributed by atoms with van der Waals surface area (Å²) in [7, 11) is 1.39. The van der Waals surface area contributed by atoms with Crippen molar-refractivity contribution < 1.29 is 9.66 Å². The highest BCUT2D eigenvalue weighted by Gasteiger charge is 2.16. The van der Waals surface area contributed by atoms with Gasteiger partial charge in [-0.1, -0.05) is 13.8 Å². The molecular formula is C15H19N5O3S. The predicted molar refractivity (Wildman–Crippen MR) is 93.4 cm³/mol. The van der Waals surface area contributed by atoms with Crippen molar-refractivity contribution in [2.45, 2.75) is 32.6 Å². The molecule has 2 aromatic rings. The summed E-state index contributed by atoms with van der Waals surface area (Å²) < 4.78 is 6.93. The van der Waals surface area contributed by atoms with Gasteiger partial charge in [-0.25, -0.2) is 0 Å². The van der Waals surface area contributed by atoms with Crippen molar-refractivity contribution in [3.8, 4) is 5.75 Å². The lowest BCUT2D eigenvalue weighted by atomic mass is 10.0. The van der Waals surface area contributed by atoms with Gasteiger partial charge in [-0.2, -0.15) is 14.9 Å². The van der Waals surface area contributed by atoms with Crippen LogP contribution in [0.15, 0.2) is 23.3 Å². The first kappa shape index (κ1) is 17.8. The molecule has 0 bridgehead atoms. The number of nitro benzene ring substituents is 1. The zero-order chi connectivity index (χ0) is 17.7. The molecule has 0 saturated heterocycles. The summed E-state index contributed by atoms with van der Waals surface area (Å²) in [6.45, 7) is 4.15. The number of rotatable bonds is 7. The monoisotopic (exact) mass is 349 g/mol. The van der Waals surface area contributed by atoms with Crippen molar-refractivity contribution in [3.63, 3.8) is 0 Å². The molecule has 2 rings (SSSR count). The van der Waals surface area contributed by atoms with Crippen LogP contribution >= 0.6 is 12.2 Å². The second-order valence-electron chi connectivity index (χ2n) is 5.15. The Kier molecular flexibility index (Phi) is 5.80. The van der Waals surface area contributed by atoms with Crippen LogP contribution < -0.4 is 4.74 Å². The van der Waals surface area contributed by atoms with Crippen LogP contribution in [0.3, 0.4) is 0 Å². The van der Waals surface area contributed by atoms with Crippen molar-refractivity contribution in [2.75, 3.05) is 7.11 Å². The summed E-state index contributed by atoms with van der Waals surface area (Å²) in [4.78, 5) is 10.6. The van der Waals surface area contributed by atoms with Crippen LogP contribution in [-0.4, -0.2) is 33.1 Å². The minimum absolute atomic E-state index is 0.113. The molecule has 1 N–H and O–H groups in total. The van der Waals surface area contributed by atoms with Gasteiger partial charge in [0.2, 0.25) is 4.77 Å². The fourth-order valence-electron chi connectivity index (χ4n) is 2.39. The maximum Gasteiger partial charge on any atom is 0.311 e. The maximum atomic E-state index is 11.1. The average molecular weight is 349 g/mol. The number of hydrogen-bond donors (Lipinski definition) is 1. The normalized spacial score (nSPS) is 11.3. The third kappa shape index (κ3) is 3.67. The molecule has 0 spiro atoms. The van der Waals surface area contributed by atoms with Gasteiger partial charge in [0.15, 0.2) is 11.6 Å². The number of H-pyrrole nitrogens is 1. The Morgan fingerprint density at radius 3 is 2.79 bits per heavy atom. The number of nitrogens with zero attached hydrogens (tertiary/aromatic N) is 4. The Labute approximate surface area is 144 Å². The largest absolute Gasteiger partial charge is 0.490 e. The number of ether oxygens (including phenoxy) is 1. The number of aromatic nitrogens is 3. The topological polar surface area (TPSA) is 98.3 Å². The average Bonchev–Trinajstić information content (AvgIpc) is 2.94. The molecule has 8 nitrogen and oxygen atoms in total. The molecule has 0 aliphatic heterocycles. The predicted octanol–water partition coefficient (Wildman–Crippen LogP) is 3.64. The Balaban J connectivity index is 2.39. The Morgan fingerprint density at radius 2 is 2.21 bits per heavy atom. The molecule has 0 unspecified atom stereocenters. The fourth-order valence-corrected chi connectivity index (χ4v) is 2.57. The Morgan fingerprint density at radius 1 is 1.50 bits per heavy atom.